The molecule has 1 N–H and O–H groups in total. The quantitative estimate of drug-likeness (QED) is 0.327. The Morgan fingerprint density at radius 1 is 1.18 bits per heavy atom. The SMILES string of the molecule is CCOc1cc(/C=C(/C#N)C(=O)Nc2ccc(C)cc2C)cc(I)c1OCC. The van der Waals surface area contributed by atoms with Crippen LogP contribution < -0.4 is 14.8 Å². The van der Waals surface area contributed by atoms with Gasteiger partial charge in [-0.05, 0) is 85.7 Å². The number of hydrogen-bond donors (Lipinski definition) is 1. The first-order valence-corrected chi connectivity index (χ1v) is 10.1. The van der Waals surface area contributed by atoms with Gasteiger partial charge in [0.1, 0.15) is 11.6 Å². The van der Waals surface area contributed by atoms with Gasteiger partial charge in [0.2, 0.25) is 0 Å². The van der Waals surface area contributed by atoms with Crippen molar-refractivity contribution in [1.29, 1.82) is 5.26 Å². The van der Waals surface area contributed by atoms with E-state index in [1.54, 1.807) is 12.1 Å². The van der Waals surface area contributed by atoms with Crippen molar-refractivity contribution in [1.82, 2.24) is 0 Å². The number of rotatable bonds is 7. The minimum absolute atomic E-state index is 0.0161. The van der Waals surface area contributed by atoms with Gasteiger partial charge in [0.05, 0.1) is 16.8 Å². The monoisotopic (exact) mass is 490 g/mol. The van der Waals surface area contributed by atoms with Crippen molar-refractivity contribution in [3.05, 3.63) is 56.2 Å². The molecule has 0 aliphatic rings. The lowest BCUT2D eigenvalue weighted by Gasteiger charge is -2.14. The highest BCUT2D eigenvalue weighted by Gasteiger charge is 2.14. The number of ether oxygens (including phenoxy) is 2. The third kappa shape index (κ3) is 5.49. The van der Waals surface area contributed by atoms with Gasteiger partial charge < -0.3 is 14.8 Å². The van der Waals surface area contributed by atoms with Crippen LogP contribution in [0.2, 0.25) is 0 Å². The second-order valence-electron chi connectivity index (χ2n) is 6.14. The van der Waals surface area contributed by atoms with Crippen LogP contribution in [0.25, 0.3) is 6.08 Å². The van der Waals surface area contributed by atoms with Gasteiger partial charge in [0, 0.05) is 5.69 Å². The highest BCUT2D eigenvalue weighted by molar-refractivity contribution is 14.1. The zero-order valence-electron chi connectivity index (χ0n) is 16.4. The first-order chi connectivity index (χ1) is 13.4. The van der Waals surface area contributed by atoms with Gasteiger partial charge in [-0.25, -0.2) is 0 Å². The van der Waals surface area contributed by atoms with E-state index in [1.807, 2.05) is 58.0 Å². The summed E-state index contributed by atoms with van der Waals surface area (Å²) in [5, 5.41) is 12.3. The summed E-state index contributed by atoms with van der Waals surface area (Å²) in [6, 6.07) is 11.4. The fourth-order valence-electron chi connectivity index (χ4n) is 2.68. The lowest BCUT2D eigenvalue weighted by molar-refractivity contribution is -0.112. The summed E-state index contributed by atoms with van der Waals surface area (Å²) in [4.78, 5) is 12.6. The number of carbonyl (C=O) groups is 1. The highest BCUT2D eigenvalue weighted by atomic mass is 127. The predicted octanol–water partition coefficient (Wildman–Crippen LogP) is 5.25. The number of aryl methyl sites for hydroxylation is 2. The molecule has 0 unspecified atom stereocenters. The molecule has 0 radical (unpaired) electrons. The van der Waals surface area contributed by atoms with Gasteiger partial charge >= 0.3 is 0 Å². The maximum absolute atomic E-state index is 12.6. The molecule has 0 fully saturated rings. The van der Waals surface area contributed by atoms with Crippen LogP contribution in [0.15, 0.2) is 35.9 Å². The van der Waals surface area contributed by atoms with Crippen LogP contribution in [0.5, 0.6) is 11.5 Å². The molecule has 0 heterocycles. The molecule has 146 valence electrons. The summed E-state index contributed by atoms with van der Waals surface area (Å²) < 4.78 is 12.2. The van der Waals surface area contributed by atoms with Gasteiger partial charge in [-0.3, -0.25) is 4.79 Å². The van der Waals surface area contributed by atoms with Crippen LogP contribution in [0.3, 0.4) is 0 Å². The molecule has 28 heavy (non-hydrogen) atoms. The molecule has 0 saturated heterocycles. The molecule has 0 spiro atoms. The zero-order chi connectivity index (χ0) is 20.7. The average Bonchev–Trinajstić information content (AvgIpc) is 2.65. The second kappa shape index (κ2) is 10.1. The van der Waals surface area contributed by atoms with Gasteiger partial charge in [-0.2, -0.15) is 5.26 Å². The molecule has 0 atom stereocenters. The predicted molar refractivity (Wildman–Crippen MR) is 120 cm³/mol. The van der Waals surface area contributed by atoms with E-state index < -0.39 is 5.91 Å². The topological polar surface area (TPSA) is 71.3 Å². The molecule has 0 aromatic heterocycles. The Morgan fingerprint density at radius 2 is 1.89 bits per heavy atom. The van der Waals surface area contributed by atoms with E-state index in [4.69, 9.17) is 9.47 Å². The third-order valence-electron chi connectivity index (χ3n) is 3.93. The second-order valence-corrected chi connectivity index (χ2v) is 7.30. The molecule has 5 nitrogen and oxygen atoms in total. The fraction of sp³-hybridized carbons (Fsp3) is 0.273. The van der Waals surface area contributed by atoms with Crippen molar-refractivity contribution in [2.24, 2.45) is 0 Å². The van der Waals surface area contributed by atoms with Crippen molar-refractivity contribution in [3.63, 3.8) is 0 Å². The van der Waals surface area contributed by atoms with Gasteiger partial charge in [-0.15, -0.1) is 0 Å². The Bertz CT molecular complexity index is 946. The molecule has 0 saturated carbocycles. The molecule has 6 heteroatoms. The molecule has 2 rings (SSSR count). The van der Waals surface area contributed by atoms with Crippen LogP contribution in [0, 0.1) is 28.7 Å². The van der Waals surface area contributed by atoms with Gasteiger partial charge in [0.15, 0.2) is 11.5 Å². The summed E-state index contributed by atoms with van der Waals surface area (Å²) in [7, 11) is 0. The number of nitrogens with zero attached hydrogens (tertiary/aromatic N) is 1. The molecule has 1 amide bonds. The van der Waals surface area contributed by atoms with E-state index in [2.05, 4.69) is 27.9 Å². The van der Waals surface area contributed by atoms with Gasteiger partial charge in [0.25, 0.3) is 5.91 Å². The Morgan fingerprint density at radius 3 is 2.50 bits per heavy atom. The van der Waals surface area contributed by atoms with E-state index in [0.717, 1.165) is 14.7 Å². The maximum atomic E-state index is 12.6. The largest absolute Gasteiger partial charge is 0.490 e. The van der Waals surface area contributed by atoms with Crippen LogP contribution in [0.1, 0.15) is 30.5 Å². The first kappa shape index (κ1) is 21.8. The van der Waals surface area contributed by atoms with E-state index in [9.17, 15) is 10.1 Å². The summed E-state index contributed by atoms with van der Waals surface area (Å²) >= 11 is 2.16. The van der Waals surface area contributed by atoms with E-state index in [0.29, 0.717) is 36.0 Å². The number of hydrogen-bond acceptors (Lipinski definition) is 4. The maximum Gasteiger partial charge on any atom is 0.266 e. The summed E-state index contributed by atoms with van der Waals surface area (Å²) in [5.74, 6) is 0.811. The number of carbonyl (C=O) groups excluding carboxylic acids is 1. The Balaban J connectivity index is 2.35. The van der Waals surface area contributed by atoms with Crippen molar-refractivity contribution < 1.29 is 14.3 Å². The third-order valence-corrected chi connectivity index (χ3v) is 4.73. The van der Waals surface area contributed by atoms with E-state index >= 15 is 0 Å². The van der Waals surface area contributed by atoms with Crippen LogP contribution in [-0.2, 0) is 4.79 Å². The molecule has 0 bridgehead atoms. The number of nitrogens with one attached hydrogen (secondary N) is 1. The van der Waals surface area contributed by atoms with Crippen molar-refractivity contribution >= 4 is 40.3 Å². The van der Waals surface area contributed by atoms with Crippen molar-refractivity contribution in [3.8, 4) is 17.6 Å². The van der Waals surface area contributed by atoms with E-state index in [-0.39, 0.29) is 5.57 Å². The van der Waals surface area contributed by atoms with Gasteiger partial charge in [-0.1, -0.05) is 17.7 Å². The standard InChI is InChI=1S/C22H23IN2O3/c1-5-27-20-12-16(11-18(23)21(20)28-6-2)10-17(13-24)22(26)25-19-8-7-14(3)9-15(19)4/h7-12H,5-6H2,1-4H3,(H,25,26)/b17-10-. The lowest BCUT2D eigenvalue weighted by Crippen LogP contribution is -2.14. The molecule has 0 aliphatic carbocycles. The number of halogens is 1. The van der Waals surface area contributed by atoms with Crippen molar-refractivity contribution in [2.45, 2.75) is 27.7 Å². The van der Waals surface area contributed by atoms with Crippen LogP contribution >= 0.6 is 22.6 Å². The number of nitriles is 1. The zero-order valence-corrected chi connectivity index (χ0v) is 18.6. The smallest absolute Gasteiger partial charge is 0.266 e. The highest BCUT2D eigenvalue weighted by Crippen LogP contribution is 2.35. The Hall–Kier alpha value is -2.53. The lowest BCUT2D eigenvalue weighted by atomic mass is 10.1. The minimum atomic E-state index is -0.448. The number of amides is 1. The minimum Gasteiger partial charge on any atom is -0.490 e. The van der Waals surface area contributed by atoms with E-state index in [1.165, 1.54) is 0 Å². The summed E-state index contributed by atoms with van der Waals surface area (Å²) in [5.41, 5.74) is 3.46. The van der Waals surface area contributed by atoms with Crippen molar-refractivity contribution in [2.75, 3.05) is 18.5 Å². The molecule has 2 aromatic rings. The Kier molecular flexibility index (Phi) is 7.88. The summed E-state index contributed by atoms with van der Waals surface area (Å²) in [6.07, 6.45) is 1.55. The average molecular weight is 490 g/mol. The first-order valence-electron chi connectivity index (χ1n) is 8.99. The number of benzene rings is 2. The van der Waals surface area contributed by atoms with Crippen LogP contribution in [-0.4, -0.2) is 19.1 Å². The molecule has 0 aliphatic heterocycles. The fourth-order valence-corrected chi connectivity index (χ4v) is 3.46. The molecule has 2 aromatic carbocycles. The Labute approximate surface area is 179 Å². The molecular weight excluding hydrogens is 467 g/mol. The van der Waals surface area contributed by atoms with Crippen LogP contribution in [0.4, 0.5) is 5.69 Å². The molecular formula is C22H23IN2O3. The normalized spacial score (nSPS) is 10.9. The summed E-state index contributed by atoms with van der Waals surface area (Å²) in [6.45, 7) is 8.72. The number of anilines is 1.